The molecule has 0 aliphatic carbocycles. The third kappa shape index (κ3) is 4.74. The summed E-state index contributed by atoms with van der Waals surface area (Å²) >= 11 is 0. The minimum Gasteiger partial charge on any atom is -0.507 e. The lowest BCUT2D eigenvalue weighted by Crippen LogP contribution is -3.11. The van der Waals surface area contributed by atoms with Gasteiger partial charge < -0.3 is 19.5 Å². The van der Waals surface area contributed by atoms with Crippen molar-refractivity contribution >= 4 is 5.97 Å². The van der Waals surface area contributed by atoms with E-state index in [0.717, 1.165) is 26.1 Å². The van der Waals surface area contributed by atoms with E-state index in [1.165, 1.54) is 24.1 Å². The van der Waals surface area contributed by atoms with Crippen molar-refractivity contribution in [2.24, 2.45) is 0 Å². The molecule has 2 N–H and O–H groups in total. The molecule has 5 nitrogen and oxygen atoms in total. The zero-order valence-corrected chi connectivity index (χ0v) is 12.4. The molecule has 112 valence electrons. The van der Waals surface area contributed by atoms with Gasteiger partial charge in [0.25, 0.3) is 0 Å². The number of phenols is 1. The number of phenolic OH excluding ortho intramolecular Hbond substituents is 1. The van der Waals surface area contributed by atoms with E-state index in [2.05, 4.69) is 13.8 Å². The van der Waals surface area contributed by atoms with Gasteiger partial charge in [0.2, 0.25) is 0 Å². The second-order valence-corrected chi connectivity index (χ2v) is 4.58. The largest absolute Gasteiger partial charge is 0.507 e. The van der Waals surface area contributed by atoms with E-state index < -0.39 is 5.97 Å². The number of nitrogens with one attached hydrogen (secondary N) is 1. The highest BCUT2D eigenvalue weighted by Crippen LogP contribution is 2.23. The molecule has 1 aromatic rings. The molecule has 0 aliphatic heterocycles. The predicted octanol–water partition coefficient (Wildman–Crippen LogP) is 0.872. The van der Waals surface area contributed by atoms with Crippen molar-refractivity contribution in [2.75, 3.05) is 33.4 Å². The summed E-state index contributed by atoms with van der Waals surface area (Å²) in [7, 11) is 1.50. The molecule has 0 aromatic heterocycles. The summed E-state index contributed by atoms with van der Waals surface area (Å²) in [5.74, 6) is -0.118. The van der Waals surface area contributed by atoms with Crippen LogP contribution in [-0.4, -0.2) is 44.4 Å². The van der Waals surface area contributed by atoms with Crippen LogP contribution in [0.15, 0.2) is 18.2 Å². The first kappa shape index (κ1) is 16.3. The van der Waals surface area contributed by atoms with Gasteiger partial charge in [0.05, 0.1) is 33.4 Å². The van der Waals surface area contributed by atoms with Gasteiger partial charge in [0, 0.05) is 12.5 Å². The van der Waals surface area contributed by atoms with Crippen LogP contribution in [0.2, 0.25) is 0 Å². The number of hydrogen-bond acceptors (Lipinski definition) is 4. The molecule has 1 aromatic carbocycles. The van der Waals surface area contributed by atoms with Crippen molar-refractivity contribution in [3.05, 3.63) is 23.8 Å². The molecule has 0 unspecified atom stereocenters. The summed E-state index contributed by atoms with van der Waals surface area (Å²) in [4.78, 5) is 13.3. The smallest absolute Gasteiger partial charge is 0.341 e. The maximum absolute atomic E-state index is 11.8. The van der Waals surface area contributed by atoms with E-state index in [1.807, 2.05) is 0 Å². The molecule has 1 rings (SSSR count). The van der Waals surface area contributed by atoms with Crippen LogP contribution in [0.25, 0.3) is 0 Å². The highest BCUT2D eigenvalue weighted by molar-refractivity contribution is 5.92. The maximum atomic E-state index is 11.8. The molecule has 0 amide bonds. The topological polar surface area (TPSA) is 60.2 Å². The highest BCUT2D eigenvalue weighted by Gasteiger charge is 2.13. The molecular formula is C15H24NO4+. The SMILES string of the molecule is CC[NH+](CC)CCCOC(=O)c1ccc(OC)cc1O. The van der Waals surface area contributed by atoms with Crippen LogP contribution in [0.3, 0.4) is 0 Å². The summed E-state index contributed by atoms with van der Waals surface area (Å²) in [6, 6.07) is 4.53. The Morgan fingerprint density at radius 2 is 2.00 bits per heavy atom. The Kier molecular flexibility index (Phi) is 6.87. The molecule has 0 saturated carbocycles. The molecule has 0 fully saturated rings. The van der Waals surface area contributed by atoms with Crippen molar-refractivity contribution in [1.82, 2.24) is 0 Å². The number of esters is 1. The summed E-state index contributed by atoms with van der Waals surface area (Å²) in [5.41, 5.74) is 0.168. The average Bonchev–Trinajstić information content (AvgIpc) is 2.47. The summed E-state index contributed by atoms with van der Waals surface area (Å²) in [6.45, 7) is 7.77. The molecule has 0 saturated heterocycles. The highest BCUT2D eigenvalue weighted by atomic mass is 16.5. The summed E-state index contributed by atoms with van der Waals surface area (Å²) in [6.07, 6.45) is 0.819. The Morgan fingerprint density at radius 3 is 2.55 bits per heavy atom. The molecule has 0 bridgehead atoms. The number of methoxy groups -OCH3 is 1. The number of hydrogen-bond donors (Lipinski definition) is 2. The number of benzene rings is 1. The van der Waals surface area contributed by atoms with Crippen LogP contribution in [0.5, 0.6) is 11.5 Å². The maximum Gasteiger partial charge on any atom is 0.341 e. The van der Waals surface area contributed by atoms with E-state index in [9.17, 15) is 9.90 Å². The third-order valence-electron chi connectivity index (χ3n) is 3.33. The molecule has 0 atom stereocenters. The number of quaternary nitrogens is 1. The molecule has 5 heteroatoms. The van der Waals surface area contributed by atoms with Crippen molar-refractivity contribution in [3.8, 4) is 11.5 Å². The lowest BCUT2D eigenvalue weighted by molar-refractivity contribution is -0.896. The molecule has 0 heterocycles. The Morgan fingerprint density at radius 1 is 1.30 bits per heavy atom. The van der Waals surface area contributed by atoms with Crippen LogP contribution in [0.1, 0.15) is 30.6 Å². The van der Waals surface area contributed by atoms with E-state index in [1.54, 1.807) is 6.07 Å². The summed E-state index contributed by atoms with van der Waals surface area (Å²) in [5, 5.41) is 9.73. The predicted molar refractivity (Wildman–Crippen MR) is 76.5 cm³/mol. The van der Waals surface area contributed by atoms with Gasteiger partial charge in [-0.3, -0.25) is 0 Å². The van der Waals surface area contributed by atoms with Crippen LogP contribution in [0, 0.1) is 0 Å². The first-order chi connectivity index (χ1) is 9.62. The first-order valence-corrected chi connectivity index (χ1v) is 7.00. The Bertz CT molecular complexity index is 430. The van der Waals surface area contributed by atoms with Crippen LogP contribution in [-0.2, 0) is 4.74 Å². The van der Waals surface area contributed by atoms with Gasteiger partial charge in [-0.2, -0.15) is 0 Å². The van der Waals surface area contributed by atoms with E-state index in [-0.39, 0.29) is 11.3 Å². The molecule has 0 spiro atoms. The normalized spacial score (nSPS) is 10.6. The van der Waals surface area contributed by atoms with E-state index >= 15 is 0 Å². The number of ether oxygens (including phenoxy) is 2. The zero-order valence-electron chi connectivity index (χ0n) is 12.4. The van der Waals surface area contributed by atoms with Gasteiger partial charge in [0.1, 0.15) is 17.1 Å². The zero-order chi connectivity index (χ0) is 15.0. The van der Waals surface area contributed by atoms with Crippen molar-refractivity contribution in [2.45, 2.75) is 20.3 Å². The average molecular weight is 282 g/mol. The molecular weight excluding hydrogens is 258 g/mol. The Labute approximate surface area is 120 Å². The van der Waals surface area contributed by atoms with Gasteiger partial charge in [-0.25, -0.2) is 4.79 Å². The number of aromatic hydroxyl groups is 1. The quantitative estimate of drug-likeness (QED) is 0.549. The molecule has 20 heavy (non-hydrogen) atoms. The van der Waals surface area contributed by atoms with Gasteiger partial charge in [-0.15, -0.1) is 0 Å². The molecule has 0 radical (unpaired) electrons. The number of carbonyl (C=O) groups excluding carboxylic acids is 1. The van der Waals surface area contributed by atoms with Crippen molar-refractivity contribution in [3.63, 3.8) is 0 Å². The fourth-order valence-corrected chi connectivity index (χ4v) is 1.98. The lowest BCUT2D eigenvalue weighted by Gasteiger charge is -2.15. The van der Waals surface area contributed by atoms with Crippen molar-refractivity contribution < 1.29 is 24.3 Å². The van der Waals surface area contributed by atoms with Crippen molar-refractivity contribution in [1.29, 1.82) is 0 Å². The Balaban J connectivity index is 2.43. The van der Waals surface area contributed by atoms with E-state index in [4.69, 9.17) is 9.47 Å². The monoisotopic (exact) mass is 282 g/mol. The fraction of sp³-hybridized carbons (Fsp3) is 0.533. The van der Waals surface area contributed by atoms with Crippen LogP contribution >= 0.6 is 0 Å². The third-order valence-corrected chi connectivity index (χ3v) is 3.33. The van der Waals surface area contributed by atoms with Gasteiger partial charge in [0.15, 0.2) is 0 Å². The van der Waals surface area contributed by atoms with E-state index in [0.29, 0.717) is 12.4 Å². The number of rotatable bonds is 8. The van der Waals surface area contributed by atoms with Gasteiger partial charge >= 0.3 is 5.97 Å². The second-order valence-electron chi connectivity index (χ2n) is 4.58. The van der Waals surface area contributed by atoms with Crippen LogP contribution in [0.4, 0.5) is 0 Å². The second kappa shape index (κ2) is 8.43. The number of carbonyl (C=O) groups is 1. The first-order valence-electron chi connectivity index (χ1n) is 7.00. The fourth-order valence-electron chi connectivity index (χ4n) is 1.98. The van der Waals surface area contributed by atoms with Gasteiger partial charge in [-0.1, -0.05) is 0 Å². The van der Waals surface area contributed by atoms with Crippen LogP contribution < -0.4 is 9.64 Å². The minimum atomic E-state index is -0.500. The lowest BCUT2D eigenvalue weighted by atomic mass is 10.2. The summed E-state index contributed by atoms with van der Waals surface area (Å²) < 4.78 is 10.1. The standard InChI is InChI=1S/C15H23NO4/c1-4-16(5-2)9-6-10-20-15(18)13-8-7-12(19-3)11-14(13)17/h7-8,11,17H,4-6,9-10H2,1-3H3/p+1. The minimum absolute atomic E-state index is 0.122. The Hall–Kier alpha value is -1.75. The van der Waals surface area contributed by atoms with Gasteiger partial charge in [-0.05, 0) is 26.0 Å². The molecule has 0 aliphatic rings.